The van der Waals surface area contributed by atoms with E-state index in [9.17, 15) is 14.4 Å². The number of nitrogens with zero attached hydrogens (tertiary/aromatic N) is 2. The summed E-state index contributed by atoms with van der Waals surface area (Å²) in [5, 5.41) is 10.4. The zero-order valence-electron chi connectivity index (χ0n) is 23.0. The van der Waals surface area contributed by atoms with Crippen LogP contribution in [-0.2, 0) is 10.5 Å². The first-order valence-electron chi connectivity index (χ1n) is 13.2. The summed E-state index contributed by atoms with van der Waals surface area (Å²) in [5.41, 5.74) is 11.9. The van der Waals surface area contributed by atoms with Crippen LogP contribution in [0.5, 0.6) is 0 Å². The zero-order valence-corrected chi connectivity index (χ0v) is 23.8. The van der Waals surface area contributed by atoms with Gasteiger partial charge >= 0.3 is 0 Å². The van der Waals surface area contributed by atoms with Gasteiger partial charge in [0.15, 0.2) is 5.78 Å². The van der Waals surface area contributed by atoms with Gasteiger partial charge in [0, 0.05) is 28.3 Å². The number of Topliss-reactive ketones (excluding diaryl/α,β-unsaturated/α-hetero) is 1. The van der Waals surface area contributed by atoms with Crippen molar-refractivity contribution < 1.29 is 13.6 Å². The number of benzene rings is 3. The monoisotopic (exact) mass is 555 g/mol. The second kappa shape index (κ2) is 10.6. The van der Waals surface area contributed by atoms with Gasteiger partial charge in [0.05, 0.1) is 23.2 Å². The van der Waals surface area contributed by atoms with Crippen LogP contribution < -0.4 is 10.6 Å². The minimum Gasteiger partial charge on any atom is -0.384 e. The van der Waals surface area contributed by atoms with E-state index in [4.69, 9.17) is 5.73 Å². The molecule has 1 heterocycles. The van der Waals surface area contributed by atoms with E-state index in [2.05, 4.69) is 18.2 Å². The van der Waals surface area contributed by atoms with Gasteiger partial charge in [0.2, 0.25) is 0 Å². The van der Waals surface area contributed by atoms with Gasteiger partial charge in [0.1, 0.15) is 17.5 Å². The molecule has 0 radical (unpaired) electrons. The van der Waals surface area contributed by atoms with Gasteiger partial charge in [-0.05, 0) is 84.3 Å². The first-order valence-corrected chi connectivity index (χ1v) is 14.2. The van der Waals surface area contributed by atoms with Crippen molar-refractivity contribution in [1.29, 1.82) is 5.26 Å². The lowest BCUT2D eigenvalue weighted by Gasteiger charge is -2.44. The van der Waals surface area contributed by atoms with Gasteiger partial charge in [-0.2, -0.15) is 5.26 Å². The molecule has 1 aliphatic heterocycles. The van der Waals surface area contributed by atoms with E-state index >= 15 is 4.39 Å². The Morgan fingerprint density at radius 3 is 2.42 bits per heavy atom. The number of anilines is 1. The van der Waals surface area contributed by atoms with E-state index in [0.717, 1.165) is 27.1 Å². The largest absolute Gasteiger partial charge is 0.384 e. The Morgan fingerprint density at radius 1 is 1.05 bits per heavy atom. The Bertz CT molecular complexity index is 1620. The molecule has 1 aliphatic carbocycles. The molecule has 0 saturated heterocycles. The lowest BCUT2D eigenvalue weighted by Crippen LogP contribution is -2.42. The summed E-state index contributed by atoms with van der Waals surface area (Å²) in [4.78, 5) is 16.4. The molecule has 3 aromatic rings. The summed E-state index contributed by atoms with van der Waals surface area (Å²) >= 11 is 1.59. The Morgan fingerprint density at radius 2 is 1.75 bits per heavy atom. The van der Waals surface area contributed by atoms with Crippen LogP contribution in [0.4, 0.5) is 14.5 Å². The molecule has 2 aliphatic rings. The highest BCUT2D eigenvalue weighted by Crippen LogP contribution is 2.51. The van der Waals surface area contributed by atoms with Crippen molar-refractivity contribution in [3.8, 4) is 6.07 Å². The number of thioether (sulfide) groups is 1. The first-order chi connectivity index (χ1) is 19.0. The van der Waals surface area contributed by atoms with Crippen molar-refractivity contribution in [2.75, 3.05) is 4.90 Å². The molecule has 204 valence electrons. The summed E-state index contributed by atoms with van der Waals surface area (Å²) in [6.45, 7) is 8.05. The second-order valence-electron chi connectivity index (χ2n) is 11.3. The molecular weight excluding hydrogens is 524 g/mol. The maximum atomic E-state index is 15.1. The average molecular weight is 556 g/mol. The van der Waals surface area contributed by atoms with Gasteiger partial charge < -0.3 is 5.73 Å². The highest BCUT2D eigenvalue weighted by Gasteiger charge is 2.45. The Hall–Kier alpha value is -3.89. The molecule has 2 N–H and O–H groups in total. The molecule has 5 rings (SSSR count). The molecular formula is C33H31F2N3OS. The van der Waals surface area contributed by atoms with Gasteiger partial charge in [-0.15, -0.1) is 11.8 Å². The number of carbonyl (C=O) groups excluding carboxylic acids is 1. The fraction of sp³-hybridized carbons (Fsp3) is 0.273. The number of carbonyl (C=O) groups is 1. The third-order valence-electron chi connectivity index (χ3n) is 7.72. The van der Waals surface area contributed by atoms with Gasteiger partial charge in [0.25, 0.3) is 0 Å². The maximum absolute atomic E-state index is 15.1. The minimum absolute atomic E-state index is 0.0555. The molecule has 1 unspecified atom stereocenters. The number of hydrogen-bond acceptors (Lipinski definition) is 5. The third kappa shape index (κ3) is 5.04. The smallest absolute Gasteiger partial charge is 0.162 e. The van der Waals surface area contributed by atoms with Crippen molar-refractivity contribution in [1.82, 2.24) is 0 Å². The molecule has 0 bridgehead atoms. The van der Waals surface area contributed by atoms with Crippen molar-refractivity contribution >= 4 is 23.2 Å². The number of allylic oxidation sites excluding steroid dienone is 3. The zero-order chi connectivity index (χ0) is 28.8. The minimum atomic E-state index is -0.651. The van der Waals surface area contributed by atoms with Crippen LogP contribution in [0.2, 0.25) is 0 Å². The fourth-order valence-corrected chi connectivity index (χ4v) is 6.76. The Balaban J connectivity index is 1.67. The Labute approximate surface area is 238 Å². The highest BCUT2D eigenvalue weighted by molar-refractivity contribution is 7.98. The van der Waals surface area contributed by atoms with Crippen molar-refractivity contribution in [2.45, 2.75) is 57.1 Å². The van der Waals surface area contributed by atoms with E-state index < -0.39 is 11.7 Å². The number of rotatable bonds is 5. The summed E-state index contributed by atoms with van der Waals surface area (Å²) in [5.74, 6) is -0.689. The van der Waals surface area contributed by atoms with Gasteiger partial charge in [-0.3, -0.25) is 9.69 Å². The normalized spacial score (nSPS) is 18.6. The molecule has 0 fully saturated rings. The van der Waals surface area contributed by atoms with E-state index in [1.165, 1.54) is 18.2 Å². The van der Waals surface area contributed by atoms with Gasteiger partial charge in [-0.1, -0.05) is 38.1 Å². The summed E-state index contributed by atoms with van der Waals surface area (Å²) in [6, 6.07) is 19.1. The van der Waals surface area contributed by atoms with Crippen LogP contribution in [0.3, 0.4) is 0 Å². The van der Waals surface area contributed by atoms with E-state index in [1.54, 1.807) is 47.0 Å². The molecule has 0 amide bonds. The number of ketones is 1. The third-order valence-corrected chi connectivity index (χ3v) is 8.78. The highest BCUT2D eigenvalue weighted by atomic mass is 32.2. The van der Waals surface area contributed by atoms with Gasteiger partial charge in [-0.25, -0.2) is 8.78 Å². The number of nitriles is 1. The van der Waals surface area contributed by atoms with E-state index in [-0.39, 0.29) is 34.1 Å². The molecule has 7 heteroatoms. The van der Waals surface area contributed by atoms with Crippen molar-refractivity contribution in [3.05, 3.63) is 117 Å². The molecule has 1 atom stereocenters. The number of hydrogen-bond donors (Lipinski definition) is 1. The lowest BCUT2D eigenvalue weighted by molar-refractivity contribution is -0.118. The molecule has 4 nitrogen and oxygen atoms in total. The summed E-state index contributed by atoms with van der Waals surface area (Å²) in [7, 11) is 0. The van der Waals surface area contributed by atoms with Crippen LogP contribution in [0.1, 0.15) is 54.9 Å². The number of para-hydroxylation sites is 1. The summed E-state index contributed by atoms with van der Waals surface area (Å²) in [6.07, 6.45) is 0.834. The summed E-state index contributed by atoms with van der Waals surface area (Å²) < 4.78 is 28.5. The molecule has 0 saturated carbocycles. The van der Waals surface area contributed by atoms with E-state index in [0.29, 0.717) is 29.9 Å². The standard InChI is InChI=1S/C33H31F2N3OS/c1-19-13-20(2)24(14-21(19)18-40-23-11-9-22(34)10-12-23)30-25(17-36)32(37)38(27-8-6-5-7-26(27)35)28-15-33(3,4)16-29(39)31(28)30/h5-14,30H,15-16,18,37H2,1-4H3. The number of halogens is 2. The number of aryl methyl sites for hydroxylation is 2. The Kier molecular flexibility index (Phi) is 7.32. The molecule has 3 aromatic carbocycles. The SMILES string of the molecule is Cc1cc(C)c(C2C(C#N)=C(N)N(c3ccccc3F)C3=C2C(=O)CC(C)(C)C3)cc1CSc1ccc(F)cc1. The van der Waals surface area contributed by atoms with Crippen molar-refractivity contribution in [2.24, 2.45) is 11.1 Å². The topological polar surface area (TPSA) is 70.1 Å². The van der Waals surface area contributed by atoms with Crippen LogP contribution in [0, 0.1) is 42.2 Å². The predicted molar refractivity (Wildman–Crippen MR) is 155 cm³/mol. The molecule has 40 heavy (non-hydrogen) atoms. The number of nitrogens with two attached hydrogens (primary N) is 1. The predicted octanol–water partition coefficient (Wildman–Crippen LogP) is 7.81. The first kappa shape index (κ1) is 27.7. The molecule has 0 aromatic heterocycles. The quantitative estimate of drug-likeness (QED) is 0.325. The van der Waals surface area contributed by atoms with Crippen LogP contribution in [0.15, 0.2) is 88.2 Å². The molecule has 0 spiro atoms. The lowest BCUT2D eigenvalue weighted by atomic mass is 9.68. The van der Waals surface area contributed by atoms with Crippen LogP contribution >= 0.6 is 11.8 Å². The van der Waals surface area contributed by atoms with Crippen LogP contribution in [-0.4, -0.2) is 5.78 Å². The fourth-order valence-electron chi connectivity index (χ4n) is 5.80. The van der Waals surface area contributed by atoms with Crippen molar-refractivity contribution in [3.63, 3.8) is 0 Å². The average Bonchev–Trinajstić information content (AvgIpc) is 2.89. The van der Waals surface area contributed by atoms with E-state index in [1.807, 2.05) is 27.7 Å². The van der Waals surface area contributed by atoms with Crippen LogP contribution in [0.25, 0.3) is 0 Å². The second-order valence-corrected chi connectivity index (χ2v) is 12.4. The maximum Gasteiger partial charge on any atom is 0.162 e.